The van der Waals surface area contributed by atoms with Crippen LogP contribution in [0.5, 0.6) is 5.75 Å². The van der Waals surface area contributed by atoms with Crippen LogP contribution in [0, 0.1) is 0 Å². The zero-order valence-corrected chi connectivity index (χ0v) is 8.28. The number of carbonyl (C=O) groups is 1. The number of ether oxygens (including phenoxy) is 1. The number of carboxylic acids is 1. The average Bonchev–Trinajstić information content (AvgIpc) is 2.16. The Hall–Kier alpha value is -1.48. The molecule has 0 saturated heterocycles. The van der Waals surface area contributed by atoms with E-state index < -0.39 is 5.97 Å². The van der Waals surface area contributed by atoms with Gasteiger partial charge < -0.3 is 9.84 Å². The summed E-state index contributed by atoms with van der Waals surface area (Å²) in [5, 5.41) is 9.14. The van der Waals surface area contributed by atoms with E-state index in [1.165, 1.54) is 13.2 Å². The van der Waals surface area contributed by atoms with Crippen LogP contribution in [0.1, 0.15) is 6.92 Å². The van der Waals surface area contributed by atoms with Gasteiger partial charge >= 0.3 is 5.97 Å². The molecule has 1 N–H and O–H groups in total. The Balaban J connectivity index is 2.66. The number of rotatable bonds is 3. The fraction of sp³-hybridized carbons (Fsp3) is 0.100. The second-order valence-electron chi connectivity index (χ2n) is 2.68. The molecule has 1 aromatic carbocycles. The zero-order chi connectivity index (χ0) is 10.6. The smallest absolute Gasteiger partial charge is 0.334 e. The minimum absolute atomic E-state index is 0.139. The van der Waals surface area contributed by atoms with Gasteiger partial charge in [0.1, 0.15) is 12.0 Å². The monoisotopic (exact) mass is 212 g/mol. The molecule has 3 nitrogen and oxygen atoms in total. The van der Waals surface area contributed by atoms with Crippen LogP contribution < -0.4 is 4.74 Å². The minimum atomic E-state index is -1.00. The number of hydrogen-bond acceptors (Lipinski definition) is 2. The minimum Gasteiger partial charge on any atom is -0.478 e. The summed E-state index contributed by atoms with van der Waals surface area (Å²) in [4.78, 5) is 10.4. The third-order valence-corrected chi connectivity index (χ3v) is 1.77. The Morgan fingerprint density at radius 2 is 2.00 bits per heavy atom. The lowest BCUT2D eigenvalue weighted by Gasteiger charge is -2.00. The number of aliphatic carboxylic acids is 1. The van der Waals surface area contributed by atoms with Gasteiger partial charge in [-0.1, -0.05) is 11.6 Å². The van der Waals surface area contributed by atoms with Gasteiger partial charge in [0.25, 0.3) is 0 Å². The normalized spacial score (nSPS) is 11.1. The molecule has 0 spiro atoms. The van der Waals surface area contributed by atoms with Gasteiger partial charge in [-0.3, -0.25) is 0 Å². The lowest BCUT2D eigenvalue weighted by atomic mass is 10.3. The maximum absolute atomic E-state index is 10.4. The van der Waals surface area contributed by atoms with Crippen LogP contribution in [0.2, 0.25) is 5.02 Å². The van der Waals surface area contributed by atoms with E-state index in [1.807, 2.05) is 0 Å². The molecule has 0 aromatic heterocycles. The maximum atomic E-state index is 10.4. The number of benzene rings is 1. The number of hydrogen-bond donors (Lipinski definition) is 1. The highest BCUT2D eigenvalue weighted by atomic mass is 35.5. The first-order valence-corrected chi connectivity index (χ1v) is 4.29. The molecular weight excluding hydrogens is 204 g/mol. The van der Waals surface area contributed by atoms with Crippen molar-refractivity contribution in [3.63, 3.8) is 0 Å². The third-order valence-electron chi connectivity index (χ3n) is 1.52. The average molecular weight is 213 g/mol. The number of halogens is 1. The molecule has 74 valence electrons. The molecule has 0 aliphatic carbocycles. The van der Waals surface area contributed by atoms with Crippen LogP contribution in [0.25, 0.3) is 0 Å². The fourth-order valence-corrected chi connectivity index (χ4v) is 0.846. The first kappa shape index (κ1) is 10.6. The van der Waals surface area contributed by atoms with Crippen molar-refractivity contribution in [1.82, 2.24) is 0 Å². The van der Waals surface area contributed by atoms with Crippen LogP contribution in [-0.4, -0.2) is 11.1 Å². The molecule has 0 aliphatic heterocycles. The van der Waals surface area contributed by atoms with E-state index in [0.717, 1.165) is 0 Å². The molecule has 0 atom stereocenters. The predicted octanol–water partition coefficient (Wildman–Crippen LogP) is 2.71. The van der Waals surface area contributed by atoms with Gasteiger partial charge in [-0.25, -0.2) is 4.79 Å². The Morgan fingerprint density at radius 3 is 2.50 bits per heavy atom. The Labute approximate surface area is 86.6 Å². The van der Waals surface area contributed by atoms with Gasteiger partial charge in [-0.2, -0.15) is 0 Å². The molecule has 4 heteroatoms. The van der Waals surface area contributed by atoms with Gasteiger partial charge in [-0.15, -0.1) is 0 Å². The van der Waals surface area contributed by atoms with E-state index in [-0.39, 0.29) is 5.57 Å². The third kappa shape index (κ3) is 3.11. The summed E-state index contributed by atoms with van der Waals surface area (Å²) in [5.41, 5.74) is 0.139. The van der Waals surface area contributed by atoms with Crippen LogP contribution in [0.15, 0.2) is 36.1 Å². The number of carboxylic acid groups (broad SMARTS) is 1. The summed E-state index contributed by atoms with van der Waals surface area (Å²) < 4.78 is 5.08. The van der Waals surface area contributed by atoms with Crippen molar-refractivity contribution in [2.45, 2.75) is 6.92 Å². The molecule has 0 aliphatic rings. The molecular formula is C10H9ClO3. The molecule has 0 fully saturated rings. The molecule has 0 bridgehead atoms. The molecule has 1 rings (SSSR count). The zero-order valence-electron chi connectivity index (χ0n) is 7.53. The Kier molecular flexibility index (Phi) is 3.54. The van der Waals surface area contributed by atoms with Crippen molar-refractivity contribution in [3.8, 4) is 5.75 Å². The predicted molar refractivity (Wildman–Crippen MR) is 53.5 cm³/mol. The summed E-state index contributed by atoms with van der Waals surface area (Å²) in [6.07, 6.45) is 1.19. The van der Waals surface area contributed by atoms with E-state index >= 15 is 0 Å². The molecule has 14 heavy (non-hydrogen) atoms. The van der Waals surface area contributed by atoms with E-state index in [1.54, 1.807) is 24.3 Å². The maximum Gasteiger partial charge on any atom is 0.334 e. The van der Waals surface area contributed by atoms with Gasteiger partial charge in [0.2, 0.25) is 0 Å². The van der Waals surface area contributed by atoms with Gasteiger partial charge in [0, 0.05) is 5.02 Å². The lowest BCUT2D eigenvalue weighted by Crippen LogP contribution is -1.97. The van der Waals surface area contributed by atoms with Crippen molar-refractivity contribution < 1.29 is 14.6 Å². The highest BCUT2D eigenvalue weighted by Gasteiger charge is 1.99. The summed E-state index contributed by atoms with van der Waals surface area (Å²) >= 11 is 5.66. The molecule has 0 unspecified atom stereocenters. The van der Waals surface area contributed by atoms with Crippen molar-refractivity contribution in [2.24, 2.45) is 0 Å². The van der Waals surface area contributed by atoms with Crippen LogP contribution in [0.4, 0.5) is 0 Å². The Morgan fingerprint density at radius 1 is 1.43 bits per heavy atom. The van der Waals surface area contributed by atoms with E-state index in [0.29, 0.717) is 10.8 Å². The first-order valence-electron chi connectivity index (χ1n) is 3.92. The SMILES string of the molecule is C/C(=C\Oc1ccc(Cl)cc1)C(=O)O. The molecule has 1 aromatic rings. The Bertz CT molecular complexity index is 354. The standard InChI is InChI=1S/C10H9ClO3/c1-7(10(12)13)6-14-9-4-2-8(11)3-5-9/h2-6H,1H3,(H,12,13)/b7-6+. The molecule has 0 saturated carbocycles. The summed E-state index contributed by atoms with van der Waals surface area (Å²) in [5.74, 6) is -0.450. The molecule has 0 heterocycles. The largest absolute Gasteiger partial charge is 0.478 e. The van der Waals surface area contributed by atoms with Crippen molar-refractivity contribution >= 4 is 17.6 Å². The molecule has 0 amide bonds. The second kappa shape index (κ2) is 4.67. The van der Waals surface area contributed by atoms with Crippen LogP contribution >= 0.6 is 11.6 Å². The van der Waals surface area contributed by atoms with Crippen LogP contribution in [0.3, 0.4) is 0 Å². The highest BCUT2D eigenvalue weighted by Crippen LogP contribution is 2.15. The molecule has 0 radical (unpaired) electrons. The lowest BCUT2D eigenvalue weighted by molar-refractivity contribution is -0.132. The highest BCUT2D eigenvalue weighted by molar-refractivity contribution is 6.30. The van der Waals surface area contributed by atoms with Crippen molar-refractivity contribution in [3.05, 3.63) is 41.1 Å². The van der Waals surface area contributed by atoms with Gasteiger partial charge in [0.15, 0.2) is 0 Å². The first-order chi connectivity index (χ1) is 6.59. The van der Waals surface area contributed by atoms with Crippen molar-refractivity contribution in [2.75, 3.05) is 0 Å². The van der Waals surface area contributed by atoms with E-state index in [4.69, 9.17) is 21.4 Å². The van der Waals surface area contributed by atoms with E-state index in [9.17, 15) is 4.79 Å². The summed E-state index contributed by atoms with van der Waals surface area (Å²) in [6.45, 7) is 1.46. The fourth-order valence-electron chi connectivity index (χ4n) is 0.720. The van der Waals surface area contributed by atoms with Gasteiger partial charge in [0.05, 0.1) is 5.57 Å². The van der Waals surface area contributed by atoms with Crippen molar-refractivity contribution in [1.29, 1.82) is 0 Å². The quantitative estimate of drug-likeness (QED) is 0.619. The van der Waals surface area contributed by atoms with Gasteiger partial charge in [-0.05, 0) is 31.2 Å². The topological polar surface area (TPSA) is 46.5 Å². The summed E-state index contributed by atoms with van der Waals surface area (Å²) in [7, 11) is 0. The van der Waals surface area contributed by atoms with Crippen LogP contribution in [-0.2, 0) is 4.79 Å². The van der Waals surface area contributed by atoms with E-state index in [2.05, 4.69) is 0 Å². The summed E-state index contributed by atoms with van der Waals surface area (Å²) in [6, 6.07) is 6.66. The second-order valence-corrected chi connectivity index (χ2v) is 3.11.